The number of halogens is 1. The number of hydrogen-bond acceptors (Lipinski definition) is 7. The van der Waals surface area contributed by atoms with Crippen molar-refractivity contribution >= 4 is 52.5 Å². The van der Waals surface area contributed by atoms with Crippen LogP contribution in [0.15, 0.2) is 4.99 Å². The van der Waals surface area contributed by atoms with Gasteiger partial charge in [-0.05, 0) is 0 Å². The zero-order chi connectivity index (χ0) is 19.1. The maximum absolute atomic E-state index is 12.2. The Balaban J connectivity index is 0.00000280. The Morgan fingerprint density at radius 3 is 2.50 bits per heavy atom. The van der Waals surface area contributed by atoms with E-state index in [0.717, 1.165) is 49.5 Å². The van der Waals surface area contributed by atoms with Crippen LogP contribution in [-0.2, 0) is 16.0 Å². The van der Waals surface area contributed by atoms with Gasteiger partial charge < -0.3 is 24.8 Å². The number of piperazine rings is 1. The second-order valence-electron chi connectivity index (χ2n) is 6.54. The number of amides is 1. The first-order valence-electron chi connectivity index (χ1n) is 9.60. The summed E-state index contributed by atoms with van der Waals surface area (Å²) in [5.41, 5.74) is 0. The highest BCUT2D eigenvalue weighted by Crippen LogP contribution is 2.19. The number of nitrogens with zero attached hydrogens (tertiary/aromatic N) is 6. The molecule has 158 valence electrons. The van der Waals surface area contributed by atoms with Gasteiger partial charge in [0.25, 0.3) is 0 Å². The molecule has 0 spiro atoms. The molecule has 3 heterocycles. The van der Waals surface area contributed by atoms with E-state index in [9.17, 15) is 4.79 Å². The maximum Gasteiger partial charge on any atom is 0.224 e. The van der Waals surface area contributed by atoms with Crippen LogP contribution in [0.4, 0.5) is 5.13 Å². The normalized spacial score (nSPS) is 18.1. The molecule has 0 aromatic carbocycles. The van der Waals surface area contributed by atoms with Crippen LogP contribution in [0.5, 0.6) is 0 Å². The summed E-state index contributed by atoms with van der Waals surface area (Å²) in [5.74, 6) is 1.95. The fraction of sp³-hybridized carbons (Fsp3) is 0.765. The lowest BCUT2D eigenvalue weighted by Gasteiger charge is -2.36. The van der Waals surface area contributed by atoms with Crippen molar-refractivity contribution in [3.05, 3.63) is 5.82 Å². The van der Waals surface area contributed by atoms with Crippen LogP contribution in [0.2, 0.25) is 0 Å². The first-order chi connectivity index (χ1) is 13.2. The van der Waals surface area contributed by atoms with Gasteiger partial charge in [-0.25, -0.2) is 4.98 Å². The fourth-order valence-electron chi connectivity index (χ4n) is 3.21. The Hall–Kier alpha value is -1.21. The van der Waals surface area contributed by atoms with E-state index < -0.39 is 0 Å². The molecule has 1 aromatic rings. The number of aryl methyl sites for hydroxylation is 1. The molecule has 2 fully saturated rings. The van der Waals surface area contributed by atoms with Gasteiger partial charge in [0.15, 0.2) is 5.96 Å². The standard InChI is InChI=1S/C17H29N7O2S.HI/c1-3-14-20-17(27-21-14)24-8-6-23(7-9-24)16(18-2)19-5-4-15(25)22-10-12-26-13-11-22;/h3-13H2,1-2H3,(H,18,19);1H. The zero-order valence-corrected chi connectivity index (χ0v) is 19.7. The van der Waals surface area contributed by atoms with Gasteiger partial charge in [-0.2, -0.15) is 4.37 Å². The minimum atomic E-state index is 0. The van der Waals surface area contributed by atoms with E-state index in [2.05, 4.69) is 36.4 Å². The molecule has 2 saturated heterocycles. The summed E-state index contributed by atoms with van der Waals surface area (Å²) >= 11 is 1.48. The average molecular weight is 523 g/mol. The van der Waals surface area contributed by atoms with Gasteiger partial charge in [-0.15, -0.1) is 24.0 Å². The molecule has 0 radical (unpaired) electrons. The van der Waals surface area contributed by atoms with Crippen molar-refractivity contribution in [3.63, 3.8) is 0 Å². The number of ether oxygens (including phenoxy) is 1. The topological polar surface area (TPSA) is 86.2 Å². The van der Waals surface area contributed by atoms with E-state index in [1.807, 2.05) is 4.90 Å². The van der Waals surface area contributed by atoms with E-state index in [-0.39, 0.29) is 29.9 Å². The smallest absolute Gasteiger partial charge is 0.224 e. The first kappa shape index (κ1) is 23.1. The predicted octanol–water partition coefficient (Wildman–Crippen LogP) is 0.665. The Morgan fingerprint density at radius 1 is 1.18 bits per heavy atom. The maximum atomic E-state index is 12.2. The fourth-order valence-corrected chi connectivity index (χ4v) is 4.01. The highest BCUT2D eigenvalue weighted by Gasteiger charge is 2.22. The minimum Gasteiger partial charge on any atom is -0.378 e. The summed E-state index contributed by atoms with van der Waals surface area (Å²) in [7, 11) is 1.79. The zero-order valence-electron chi connectivity index (χ0n) is 16.6. The van der Waals surface area contributed by atoms with E-state index in [1.165, 1.54) is 11.5 Å². The van der Waals surface area contributed by atoms with Crippen molar-refractivity contribution in [1.82, 2.24) is 24.5 Å². The number of rotatable bonds is 5. The lowest BCUT2D eigenvalue weighted by Crippen LogP contribution is -2.53. The predicted molar refractivity (Wildman–Crippen MR) is 122 cm³/mol. The number of nitrogens with one attached hydrogen (secondary N) is 1. The van der Waals surface area contributed by atoms with Crippen molar-refractivity contribution in [2.45, 2.75) is 19.8 Å². The Kier molecular flexibility index (Phi) is 9.65. The Morgan fingerprint density at radius 2 is 1.89 bits per heavy atom. The molecule has 0 atom stereocenters. The van der Waals surface area contributed by atoms with Crippen LogP contribution in [0.3, 0.4) is 0 Å². The van der Waals surface area contributed by atoms with Crippen molar-refractivity contribution in [2.24, 2.45) is 4.99 Å². The number of aromatic nitrogens is 2. The van der Waals surface area contributed by atoms with Gasteiger partial charge in [0.05, 0.1) is 13.2 Å². The number of anilines is 1. The number of aliphatic imine (C=N–C) groups is 1. The summed E-state index contributed by atoms with van der Waals surface area (Å²) in [5, 5.41) is 4.34. The highest BCUT2D eigenvalue weighted by molar-refractivity contribution is 14.0. The summed E-state index contributed by atoms with van der Waals surface area (Å²) in [6, 6.07) is 0. The first-order valence-corrected chi connectivity index (χ1v) is 10.4. The molecule has 3 rings (SSSR count). The molecular weight excluding hydrogens is 493 g/mol. The van der Waals surface area contributed by atoms with Crippen LogP contribution in [0.25, 0.3) is 0 Å². The van der Waals surface area contributed by atoms with E-state index >= 15 is 0 Å². The summed E-state index contributed by atoms with van der Waals surface area (Å²) < 4.78 is 9.66. The van der Waals surface area contributed by atoms with Crippen LogP contribution < -0.4 is 10.2 Å². The molecule has 1 N–H and O–H groups in total. The minimum absolute atomic E-state index is 0. The van der Waals surface area contributed by atoms with Gasteiger partial charge in [-0.1, -0.05) is 6.92 Å². The molecule has 2 aliphatic heterocycles. The number of carbonyl (C=O) groups excluding carboxylic acids is 1. The van der Waals surface area contributed by atoms with Gasteiger partial charge >= 0.3 is 0 Å². The van der Waals surface area contributed by atoms with Gasteiger partial charge in [0.2, 0.25) is 11.0 Å². The second-order valence-corrected chi connectivity index (χ2v) is 7.27. The average Bonchev–Trinajstić information content (AvgIpc) is 3.21. The molecule has 1 aromatic heterocycles. The monoisotopic (exact) mass is 523 g/mol. The van der Waals surface area contributed by atoms with Crippen LogP contribution in [0.1, 0.15) is 19.2 Å². The van der Waals surface area contributed by atoms with Crippen LogP contribution in [0, 0.1) is 0 Å². The highest BCUT2D eigenvalue weighted by atomic mass is 127. The van der Waals surface area contributed by atoms with Crippen molar-refractivity contribution in [2.75, 3.05) is 71.0 Å². The summed E-state index contributed by atoms with van der Waals surface area (Å²) in [6.07, 6.45) is 1.35. The van der Waals surface area contributed by atoms with E-state index in [0.29, 0.717) is 39.3 Å². The lowest BCUT2D eigenvalue weighted by atomic mass is 10.3. The van der Waals surface area contributed by atoms with Gasteiger partial charge in [0, 0.05) is 77.2 Å². The molecule has 28 heavy (non-hydrogen) atoms. The van der Waals surface area contributed by atoms with Crippen molar-refractivity contribution in [3.8, 4) is 0 Å². The molecule has 0 saturated carbocycles. The van der Waals surface area contributed by atoms with Crippen molar-refractivity contribution < 1.29 is 9.53 Å². The molecular formula is C17H30IN7O2S. The van der Waals surface area contributed by atoms with Crippen LogP contribution >= 0.6 is 35.5 Å². The molecule has 9 nitrogen and oxygen atoms in total. The number of morpholine rings is 1. The van der Waals surface area contributed by atoms with Gasteiger partial charge in [0.1, 0.15) is 5.82 Å². The molecule has 0 unspecified atom stereocenters. The van der Waals surface area contributed by atoms with E-state index in [1.54, 1.807) is 7.05 Å². The van der Waals surface area contributed by atoms with Crippen LogP contribution in [-0.4, -0.2) is 97.1 Å². The SMILES string of the molecule is CCc1nsc(N2CCN(C(=NC)NCCC(=O)N3CCOCC3)CC2)n1.I. The van der Waals surface area contributed by atoms with E-state index in [4.69, 9.17) is 4.74 Å². The second kappa shape index (κ2) is 11.7. The summed E-state index contributed by atoms with van der Waals surface area (Å²) in [6.45, 7) is 8.87. The molecule has 11 heteroatoms. The summed E-state index contributed by atoms with van der Waals surface area (Å²) in [4.78, 5) is 27.6. The lowest BCUT2D eigenvalue weighted by molar-refractivity contribution is -0.135. The third-order valence-corrected chi connectivity index (χ3v) is 5.64. The largest absolute Gasteiger partial charge is 0.378 e. The quantitative estimate of drug-likeness (QED) is 0.345. The molecule has 0 bridgehead atoms. The third-order valence-electron chi connectivity index (χ3n) is 4.82. The number of hydrogen-bond donors (Lipinski definition) is 1. The number of carbonyl (C=O) groups is 1. The van der Waals surface area contributed by atoms with Gasteiger partial charge in [-0.3, -0.25) is 9.79 Å². The third kappa shape index (κ3) is 6.14. The van der Waals surface area contributed by atoms with Crippen molar-refractivity contribution in [1.29, 1.82) is 0 Å². The molecule has 0 aliphatic carbocycles. The molecule has 2 aliphatic rings. The Bertz CT molecular complexity index is 643. The molecule has 1 amide bonds. The Labute approximate surface area is 187 Å². The number of guanidine groups is 1.